The van der Waals surface area contributed by atoms with Gasteiger partial charge in [-0.2, -0.15) is 5.26 Å². The highest BCUT2D eigenvalue weighted by molar-refractivity contribution is 5.84. The summed E-state index contributed by atoms with van der Waals surface area (Å²) in [6.07, 6.45) is 0.413. The molecule has 0 spiro atoms. The van der Waals surface area contributed by atoms with E-state index in [1.54, 1.807) is 11.9 Å². The Labute approximate surface area is 92.1 Å². The molecule has 1 aliphatic rings. The zero-order valence-electron chi connectivity index (χ0n) is 10.3. The highest BCUT2D eigenvalue weighted by Gasteiger charge is 2.68. The minimum absolute atomic E-state index is 0.0883. The number of carbonyl (C=O) groups excluding carboxylic acids is 1. The zero-order valence-corrected chi connectivity index (χ0v) is 10.3. The van der Waals surface area contributed by atoms with Crippen molar-refractivity contribution in [3.63, 3.8) is 0 Å². The number of rotatable bonds is 3. The minimum atomic E-state index is 0.0883. The molecule has 3 nitrogen and oxygen atoms in total. The van der Waals surface area contributed by atoms with Crippen molar-refractivity contribution < 1.29 is 4.79 Å². The minimum Gasteiger partial charge on any atom is -0.344 e. The molecule has 1 amide bonds. The van der Waals surface area contributed by atoms with E-state index in [0.717, 1.165) is 0 Å². The van der Waals surface area contributed by atoms with Crippen LogP contribution in [0.5, 0.6) is 0 Å². The normalized spacial score (nSPS) is 21.9. The van der Waals surface area contributed by atoms with Crippen LogP contribution in [-0.2, 0) is 4.79 Å². The summed E-state index contributed by atoms with van der Waals surface area (Å²) in [7, 11) is 1.78. The van der Waals surface area contributed by atoms with E-state index < -0.39 is 0 Å². The first-order chi connectivity index (χ1) is 6.76. The average molecular weight is 208 g/mol. The summed E-state index contributed by atoms with van der Waals surface area (Å²) in [6.45, 7) is 9.07. The van der Waals surface area contributed by atoms with Crippen LogP contribution in [-0.4, -0.2) is 24.4 Å². The fourth-order valence-corrected chi connectivity index (χ4v) is 2.36. The molecule has 0 aromatic carbocycles. The smallest absolute Gasteiger partial charge is 0.226 e. The maximum atomic E-state index is 12.1. The topological polar surface area (TPSA) is 44.1 Å². The molecule has 0 aromatic heterocycles. The first-order valence-corrected chi connectivity index (χ1v) is 5.38. The fourth-order valence-electron chi connectivity index (χ4n) is 2.36. The summed E-state index contributed by atoms with van der Waals surface area (Å²) in [6, 6.07) is 2.06. The van der Waals surface area contributed by atoms with E-state index in [2.05, 4.69) is 33.8 Å². The van der Waals surface area contributed by atoms with Crippen LogP contribution in [0.15, 0.2) is 0 Å². The molecule has 0 bridgehead atoms. The average Bonchev–Trinajstić information content (AvgIpc) is 2.52. The zero-order chi connectivity index (χ0) is 11.9. The maximum Gasteiger partial charge on any atom is 0.226 e. The number of carbonyl (C=O) groups is 1. The van der Waals surface area contributed by atoms with Crippen molar-refractivity contribution in [2.24, 2.45) is 16.7 Å². The third-order valence-electron chi connectivity index (χ3n) is 4.20. The molecular weight excluding hydrogens is 188 g/mol. The van der Waals surface area contributed by atoms with Gasteiger partial charge in [0.15, 0.2) is 0 Å². The number of nitrogens with zero attached hydrogens (tertiary/aromatic N) is 2. The maximum absolute atomic E-state index is 12.1. The van der Waals surface area contributed by atoms with Crippen LogP contribution in [0, 0.1) is 28.1 Å². The molecule has 84 valence electrons. The summed E-state index contributed by atoms with van der Waals surface area (Å²) in [4.78, 5) is 13.7. The lowest BCUT2D eigenvalue weighted by Gasteiger charge is -2.16. The van der Waals surface area contributed by atoms with Crippen LogP contribution in [0.3, 0.4) is 0 Å². The summed E-state index contributed by atoms with van der Waals surface area (Å²) < 4.78 is 0. The second-order valence-corrected chi connectivity index (χ2v) is 5.54. The van der Waals surface area contributed by atoms with Gasteiger partial charge in [-0.25, -0.2) is 0 Å². The highest BCUT2D eigenvalue weighted by atomic mass is 16.2. The molecule has 1 aliphatic carbocycles. The molecule has 0 N–H and O–H groups in total. The standard InChI is InChI=1S/C12H20N2O/c1-11(2)9(12(11,3)4)10(15)14(5)8-6-7-13/h9H,6,8H2,1-5H3. The molecular formula is C12H20N2O. The number of hydrogen-bond donors (Lipinski definition) is 0. The third-order valence-corrected chi connectivity index (χ3v) is 4.20. The van der Waals surface area contributed by atoms with Gasteiger partial charge in [0.1, 0.15) is 0 Å². The van der Waals surface area contributed by atoms with Gasteiger partial charge in [-0.1, -0.05) is 27.7 Å². The SMILES string of the molecule is CN(CCC#N)C(=O)C1C(C)(C)C1(C)C. The quantitative estimate of drug-likeness (QED) is 0.712. The Morgan fingerprint density at radius 3 is 2.13 bits per heavy atom. The first-order valence-electron chi connectivity index (χ1n) is 5.38. The Kier molecular flexibility index (Phi) is 2.82. The van der Waals surface area contributed by atoms with E-state index in [-0.39, 0.29) is 22.7 Å². The van der Waals surface area contributed by atoms with Gasteiger partial charge in [-0.3, -0.25) is 4.79 Å². The lowest BCUT2D eigenvalue weighted by molar-refractivity contribution is -0.132. The lowest BCUT2D eigenvalue weighted by Crippen LogP contribution is -2.30. The molecule has 0 heterocycles. The monoisotopic (exact) mass is 208 g/mol. The molecule has 0 radical (unpaired) electrons. The Hall–Kier alpha value is -1.04. The molecule has 0 unspecified atom stereocenters. The second-order valence-electron chi connectivity index (χ2n) is 5.54. The van der Waals surface area contributed by atoms with E-state index in [9.17, 15) is 4.79 Å². The predicted molar refractivity (Wildman–Crippen MR) is 58.9 cm³/mol. The Morgan fingerprint density at radius 1 is 1.33 bits per heavy atom. The fraction of sp³-hybridized carbons (Fsp3) is 0.833. The molecule has 0 saturated heterocycles. The van der Waals surface area contributed by atoms with Crippen molar-refractivity contribution in [3.05, 3.63) is 0 Å². The van der Waals surface area contributed by atoms with Crippen LogP contribution in [0.25, 0.3) is 0 Å². The molecule has 0 aliphatic heterocycles. The van der Waals surface area contributed by atoms with E-state index in [4.69, 9.17) is 5.26 Å². The Morgan fingerprint density at radius 2 is 1.80 bits per heavy atom. The van der Waals surface area contributed by atoms with Crippen LogP contribution >= 0.6 is 0 Å². The van der Waals surface area contributed by atoms with Crippen LogP contribution in [0.1, 0.15) is 34.1 Å². The summed E-state index contributed by atoms with van der Waals surface area (Å²) in [5, 5.41) is 8.47. The Balaban J connectivity index is 2.62. The van der Waals surface area contributed by atoms with E-state index in [0.29, 0.717) is 13.0 Å². The number of nitriles is 1. The van der Waals surface area contributed by atoms with E-state index in [1.165, 1.54) is 0 Å². The number of amides is 1. The van der Waals surface area contributed by atoms with Gasteiger partial charge in [-0.05, 0) is 10.8 Å². The van der Waals surface area contributed by atoms with Gasteiger partial charge in [0.25, 0.3) is 0 Å². The predicted octanol–water partition coefficient (Wildman–Crippen LogP) is 2.04. The highest BCUT2D eigenvalue weighted by Crippen LogP contribution is 2.68. The molecule has 15 heavy (non-hydrogen) atoms. The largest absolute Gasteiger partial charge is 0.344 e. The van der Waals surface area contributed by atoms with Gasteiger partial charge >= 0.3 is 0 Å². The van der Waals surface area contributed by atoms with Crippen molar-refractivity contribution in [3.8, 4) is 6.07 Å². The van der Waals surface area contributed by atoms with Crippen molar-refractivity contribution in [1.82, 2.24) is 4.90 Å². The molecule has 3 heteroatoms. The first kappa shape index (κ1) is 12.0. The van der Waals surface area contributed by atoms with Crippen LogP contribution < -0.4 is 0 Å². The van der Waals surface area contributed by atoms with E-state index in [1.807, 2.05) is 0 Å². The van der Waals surface area contributed by atoms with Gasteiger partial charge in [0, 0.05) is 19.5 Å². The third kappa shape index (κ3) is 1.73. The van der Waals surface area contributed by atoms with Gasteiger partial charge in [-0.15, -0.1) is 0 Å². The number of hydrogen-bond acceptors (Lipinski definition) is 2. The van der Waals surface area contributed by atoms with Crippen molar-refractivity contribution in [2.75, 3.05) is 13.6 Å². The second kappa shape index (κ2) is 3.52. The van der Waals surface area contributed by atoms with Crippen molar-refractivity contribution in [2.45, 2.75) is 34.1 Å². The van der Waals surface area contributed by atoms with Gasteiger partial charge in [0.2, 0.25) is 5.91 Å². The summed E-state index contributed by atoms with van der Waals surface area (Å²) in [5.74, 6) is 0.286. The molecule has 0 aromatic rings. The van der Waals surface area contributed by atoms with Crippen molar-refractivity contribution >= 4 is 5.91 Å². The molecule has 1 fully saturated rings. The lowest BCUT2D eigenvalue weighted by atomic mass is 10.0. The summed E-state index contributed by atoms with van der Waals surface area (Å²) in [5.41, 5.74) is 0.177. The van der Waals surface area contributed by atoms with Gasteiger partial charge < -0.3 is 4.90 Å². The van der Waals surface area contributed by atoms with Crippen LogP contribution in [0.2, 0.25) is 0 Å². The summed E-state index contributed by atoms with van der Waals surface area (Å²) >= 11 is 0. The van der Waals surface area contributed by atoms with E-state index >= 15 is 0 Å². The van der Waals surface area contributed by atoms with Crippen molar-refractivity contribution in [1.29, 1.82) is 5.26 Å². The molecule has 0 atom stereocenters. The Bertz CT molecular complexity index is 298. The van der Waals surface area contributed by atoms with Gasteiger partial charge in [0.05, 0.1) is 12.5 Å². The molecule has 1 rings (SSSR count). The molecule has 1 saturated carbocycles. The van der Waals surface area contributed by atoms with Crippen LogP contribution in [0.4, 0.5) is 0 Å².